The van der Waals surface area contributed by atoms with Crippen molar-refractivity contribution < 1.29 is 147 Å². The molecule has 0 radical (unpaired) electrons. The van der Waals surface area contributed by atoms with Gasteiger partial charge in [-0.25, -0.2) is 4.79 Å². The molecule has 7 aliphatic heterocycles. The van der Waals surface area contributed by atoms with Crippen LogP contribution in [0.2, 0.25) is 10.0 Å². The maximum absolute atomic E-state index is 16.2. The molecular weight excluding hydrogens is 1670 g/mol. The van der Waals surface area contributed by atoms with Gasteiger partial charge in [-0.3, -0.25) is 43.2 Å². The highest BCUT2D eigenvalue weighted by Gasteiger charge is 2.52. The summed E-state index contributed by atoms with van der Waals surface area (Å²) < 4.78 is 54.7. The fraction of sp³-hybridized carbons (Fsp3) is 0.425. The Morgan fingerprint density at radius 3 is 2.06 bits per heavy atom. The molecule has 17 atom stereocenters. The summed E-state index contributed by atoms with van der Waals surface area (Å²) in [4.78, 5) is 142. The van der Waals surface area contributed by atoms with Crippen molar-refractivity contribution in [3.8, 4) is 68.6 Å². The number of benzene rings is 6. The predicted molar refractivity (Wildman–Crippen MR) is 428 cm³/mol. The minimum atomic E-state index is -2.54. The third kappa shape index (κ3) is 22.3. The van der Waals surface area contributed by atoms with Gasteiger partial charge in [-0.05, 0) is 122 Å². The van der Waals surface area contributed by atoms with E-state index in [1.807, 2.05) is 0 Å². The average Bonchev–Trinajstić information content (AvgIpc) is 1.53. The number of rotatable bonds is 25. The first-order valence-electron chi connectivity index (χ1n) is 38.3. The lowest BCUT2D eigenvalue weighted by molar-refractivity contribution is -0.333. The SMILES string of the molecule is CN[C@H](CC(C)C)C(=O)N[C@H]1C(=O)N[C@@H](CC(N)=O)C(=O)N[C@H]2C(=O)N[C@@H](C(=O)O)c3ccc(O)c(c3)-c3c(O)cc(O)cc3[C@H](C(=O)NCCOCCOCC(=O)Nc3ccc(OC)c(C(N)=O)c3O)NC(=O)C[C@H](O)c3ccc(c(Cl)c3)Oc3c2ccc(c3OC2O[C@H](CO)[C@@H](O)[C@H](O)[C@H]2O[C@@H]2C[C@](C)(N)[C@H](O)[C@H](C)O2)Oc2ccc(cc2Cl)[C@H]1O. The molecule has 664 valence electrons. The van der Waals surface area contributed by atoms with Crippen molar-refractivity contribution in [1.29, 1.82) is 0 Å². The zero-order valence-corrected chi connectivity index (χ0v) is 68.2. The predicted octanol–water partition coefficient (Wildman–Crippen LogP) is 0.599. The molecular formula is C80H95Cl2N11O30. The molecule has 41 nitrogen and oxygen atoms in total. The van der Waals surface area contributed by atoms with Crippen molar-refractivity contribution in [1.82, 2.24) is 37.2 Å². The first-order chi connectivity index (χ1) is 58.2. The summed E-state index contributed by atoms with van der Waals surface area (Å²) in [6.07, 6.45) is -20.1. The van der Waals surface area contributed by atoms with Crippen molar-refractivity contribution in [2.75, 3.05) is 59.1 Å². The number of likely N-dealkylation sites (N-methyl/N-ethyl adjacent to an activating group) is 1. The molecule has 0 saturated carbocycles. The van der Waals surface area contributed by atoms with E-state index in [4.69, 9.17) is 83.0 Å². The Hall–Kier alpha value is -11.5. The van der Waals surface area contributed by atoms with Crippen LogP contribution in [0.5, 0.6) is 57.5 Å². The topological polar surface area (TPSA) is 651 Å². The maximum atomic E-state index is 16.2. The summed E-state index contributed by atoms with van der Waals surface area (Å²) >= 11 is 14.2. The number of amides is 9. The lowest BCUT2D eigenvalue weighted by Crippen LogP contribution is -2.64. The molecule has 7 aliphatic rings. The fourth-order valence-corrected chi connectivity index (χ4v) is 14.6. The number of hydrogen-bond donors (Lipinski definition) is 22. The number of aromatic hydroxyl groups is 4. The summed E-state index contributed by atoms with van der Waals surface area (Å²) in [6.45, 7) is 3.77. The van der Waals surface area contributed by atoms with E-state index in [9.17, 15) is 89.7 Å². The normalized spacial score (nSPS) is 25.2. The molecule has 6 aromatic rings. The van der Waals surface area contributed by atoms with Gasteiger partial charge in [0.05, 0.1) is 86.5 Å². The number of phenols is 4. The van der Waals surface area contributed by atoms with Gasteiger partial charge in [0.15, 0.2) is 35.7 Å². The summed E-state index contributed by atoms with van der Waals surface area (Å²) in [5.41, 5.74) is 12.4. The van der Waals surface area contributed by atoms with Gasteiger partial charge in [-0.15, -0.1) is 0 Å². The van der Waals surface area contributed by atoms with E-state index >= 15 is 14.4 Å². The average molecular weight is 1760 g/mol. The minimum Gasteiger partial charge on any atom is -0.508 e. The molecule has 10 bridgehead atoms. The van der Waals surface area contributed by atoms with Gasteiger partial charge in [0.2, 0.25) is 59.3 Å². The Kier molecular flexibility index (Phi) is 31.0. The van der Waals surface area contributed by atoms with Gasteiger partial charge in [-0.2, -0.15) is 0 Å². The summed E-state index contributed by atoms with van der Waals surface area (Å²) in [7, 11) is 2.69. The number of carboxylic acids is 1. The van der Waals surface area contributed by atoms with Crippen LogP contribution in [0.15, 0.2) is 91.0 Å². The van der Waals surface area contributed by atoms with Crippen LogP contribution in [0.1, 0.15) is 122 Å². The number of carboxylic acid groups (broad SMARTS) is 1. The maximum Gasteiger partial charge on any atom is 0.330 e. The number of anilines is 1. The monoisotopic (exact) mass is 1760 g/mol. The molecule has 9 amide bonds. The Morgan fingerprint density at radius 2 is 1.41 bits per heavy atom. The van der Waals surface area contributed by atoms with Crippen LogP contribution in [0, 0.1) is 5.92 Å². The number of aliphatic hydroxyl groups excluding tert-OH is 6. The highest BCUT2D eigenvalue weighted by molar-refractivity contribution is 6.32. The molecule has 0 spiro atoms. The first-order valence-corrected chi connectivity index (χ1v) is 39.0. The molecule has 25 N–H and O–H groups in total. The van der Waals surface area contributed by atoms with Gasteiger partial charge >= 0.3 is 5.97 Å². The highest BCUT2D eigenvalue weighted by atomic mass is 35.5. The van der Waals surface area contributed by atoms with E-state index in [-0.39, 0.29) is 78.5 Å². The molecule has 2 saturated heterocycles. The second kappa shape index (κ2) is 40.7. The molecule has 2 fully saturated rings. The number of phenolic OH excluding ortho intramolecular Hbond substituents is 3. The van der Waals surface area contributed by atoms with Crippen molar-refractivity contribution in [3.05, 3.63) is 134 Å². The Labute approximate surface area is 710 Å². The van der Waals surface area contributed by atoms with Crippen LogP contribution in [-0.2, 0) is 66.8 Å². The van der Waals surface area contributed by atoms with Crippen LogP contribution in [-0.4, -0.2) is 242 Å². The molecule has 7 heterocycles. The van der Waals surface area contributed by atoms with E-state index in [1.165, 1.54) is 52.3 Å². The Morgan fingerprint density at radius 1 is 0.732 bits per heavy atom. The van der Waals surface area contributed by atoms with Crippen LogP contribution in [0.25, 0.3) is 11.1 Å². The summed E-state index contributed by atoms with van der Waals surface area (Å²) in [6, 6.07) is 3.44. The second-order valence-corrected chi connectivity index (χ2v) is 30.7. The van der Waals surface area contributed by atoms with E-state index in [0.29, 0.717) is 0 Å². The zero-order valence-electron chi connectivity index (χ0n) is 66.7. The van der Waals surface area contributed by atoms with Crippen LogP contribution in [0.3, 0.4) is 0 Å². The molecule has 0 aliphatic carbocycles. The molecule has 0 aromatic heterocycles. The summed E-state index contributed by atoms with van der Waals surface area (Å²) in [5, 5.41) is 146. The Bertz CT molecular complexity index is 4970. The Balaban J connectivity index is 1.11. The third-order valence-corrected chi connectivity index (χ3v) is 21.0. The van der Waals surface area contributed by atoms with Crippen LogP contribution >= 0.6 is 23.2 Å². The minimum absolute atomic E-state index is 0.0567. The van der Waals surface area contributed by atoms with Gasteiger partial charge < -0.3 is 159 Å². The number of primary amides is 2. The number of aliphatic carboxylic acids is 1. The summed E-state index contributed by atoms with van der Waals surface area (Å²) in [5.74, 6) is -19.1. The third-order valence-electron chi connectivity index (χ3n) is 20.4. The van der Waals surface area contributed by atoms with Crippen molar-refractivity contribution in [2.24, 2.45) is 23.1 Å². The van der Waals surface area contributed by atoms with Crippen molar-refractivity contribution in [3.63, 3.8) is 0 Å². The van der Waals surface area contributed by atoms with Crippen molar-refractivity contribution >= 4 is 88.0 Å². The van der Waals surface area contributed by atoms with Crippen LogP contribution in [0.4, 0.5) is 5.69 Å². The largest absolute Gasteiger partial charge is 0.508 e. The number of fused-ring (bicyclic) bond motifs is 9. The van der Waals surface area contributed by atoms with Gasteiger partial charge in [0, 0.05) is 41.3 Å². The number of ether oxygens (including phenoxy) is 9. The van der Waals surface area contributed by atoms with E-state index in [0.717, 1.165) is 66.7 Å². The number of halogens is 2. The number of aliphatic hydroxyl groups is 6. The molecule has 1 unspecified atom stereocenters. The number of hydrogen-bond acceptors (Lipinski definition) is 31. The number of carbonyl (C=O) groups excluding carboxylic acids is 9. The van der Waals surface area contributed by atoms with E-state index in [1.54, 1.807) is 13.8 Å². The molecule has 6 aromatic carbocycles. The number of carbonyl (C=O) groups is 10. The van der Waals surface area contributed by atoms with Crippen LogP contribution < -0.4 is 78.7 Å². The lowest BCUT2D eigenvalue weighted by atomic mass is 9.86. The second-order valence-electron chi connectivity index (χ2n) is 29.9. The van der Waals surface area contributed by atoms with Gasteiger partial charge in [0.1, 0.15) is 95.3 Å². The molecule has 13 rings (SSSR count). The van der Waals surface area contributed by atoms with E-state index in [2.05, 4.69) is 42.5 Å². The number of methoxy groups -OCH3 is 1. The highest BCUT2D eigenvalue weighted by Crippen LogP contribution is 2.51. The first kappa shape index (κ1) is 93.7. The standard InChI is InChI=1S/C80H95Cl2N11O30/c1-32(2)21-44(86-5)73(108)93-63-64(102)36-9-14-49(42(82)24-36)119-52-15-10-38-61(92-74(109)45(27-54(83)99)89-77(63)112)76(111)91-60(78(113)114)35-7-12-46(96)39(22-35)58-40(25-37(95)26-48(58)98)62(75(110)87-17-18-116-19-20-117-31-56(101)88-43-11-16-51(115-6)59(65(43)103)72(84)107)90-55(100)28-47(97)34-8-13-50(41(81)23-34)120-68(38)69(52)123-79-70(67(105)66(104)53(30-94)121-79)122-57-29-80(4,85)71(106)33(3)118-57/h7-16,22-26,32-33,44-45,47,53,57,60-64,66-67,70-71,79,86,94-98,102-106H,17-21,27-31,85H2,1-6H3,(H2,83,99)(H2,84,107)(H,87,110)(H,88,101)(H,89,112)(H,90,100)(H,91,111)(H,92,109)(H,93,108)(H,113,114)/t33-,44+,45-,47-,53+,57+,60+,61+,62+,63+,64+,66+,67-,70+,71+,79?,80-/m0/s1. The molecule has 123 heavy (non-hydrogen) atoms. The fourth-order valence-electron chi connectivity index (χ4n) is 14.1. The number of nitrogens with one attached hydrogen (secondary N) is 8. The van der Waals surface area contributed by atoms with E-state index < -0.39 is 273 Å². The smallest absolute Gasteiger partial charge is 0.330 e. The van der Waals surface area contributed by atoms with Gasteiger partial charge in [-0.1, -0.05) is 55.2 Å². The lowest BCUT2D eigenvalue weighted by Gasteiger charge is -2.47. The van der Waals surface area contributed by atoms with Gasteiger partial charge in [0.25, 0.3) is 5.91 Å². The number of nitrogens with two attached hydrogens (primary N) is 3. The quantitative estimate of drug-likeness (QED) is 0.0276. The molecule has 43 heteroatoms. The van der Waals surface area contributed by atoms with Crippen molar-refractivity contribution in [2.45, 2.75) is 157 Å². The zero-order chi connectivity index (χ0) is 89.9.